The standard InChI is InChI=1S/C17H19NO5/c19-14(20)9-12-15(21)18(10-11-5-2-1-3-6-11)13-7-4-8-17(12,13)16(22)23/h1-3,5-6,12-13H,4,7-10H2,(H,19,20)(H,22,23). The van der Waals surface area contributed by atoms with Gasteiger partial charge in [0.2, 0.25) is 5.91 Å². The van der Waals surface area contributed by atoms with Crippen molar-refractivity contribution in [3.05, 3.63) is 35.9 Å². The summed E-state index contributed by atoms with van der Waals surface area (Å²) in [5, 5.41) is 18.9. The van der Waals surface area contributed by atoms with Crippen LogP contribution < -0.4 is 0 Å². The smallest absolute Gasteiger partial charge is 0.312 e. The van der Waals surface area contributed by atoms with Crippen LogP contribution in [0.1, 0.15) is 31.2 Å². The second kappa shape index (κ2) is 5.68. The number of fused-ring (bicyclic) bond motifs is 1. The fourth-order valence-electron chi connectivity index (χ4n) is 4.24. The Morgan fingerprint density at radius 1 is 1.22 bits per heavy atom. The highest BCUT2D eigenvalue weighted by molar-refractivity contribution is 5.94. The summed E-state index contributed by atoms with van der Waals surface area (Å²) in [7, 11) is 0. The van der Waals surface area contributed by atoms with Crippen molar-refractivity contribution >= 4 is 17.8 Å². The zero-order chi connectivity index (χ0) is 16.6. The first-order valence-corrected chi connectivity index (χ1v) is 7.76. The van der Waals surface area contributed by atoms with E-state index in [1.807, 2.05) is 30.3 Å². The highest BCUT2D eigenvalue weighted by atomic mass is 16.4. The van der Waals surface area contributed by atoms with Gasteiger partial charge in [-0.05, 0) is 18.4 Å². The molecule has 6 heteroatoms. The molecule has 1 aromatic carbocycles. The molecule has 23 heavy (non-hydrogen) atoms. The lowest BCUT2D eigenvalue weighted by atomic mass is 9.72. The minimum Gasteiger partial charge on any atom is -0.481 e. The van der Waals surface area contributed by atoms with E-state index in [0.29, 0.717) is 25.8 Å². The van der Waals surface area contributed by atoms with Gasteiger partial charge in [-0.3, -0.25) is 14.4 Å². The topological polar surface area (TPSA) is 94.9 Å². The van der Waals surface area contributed by atoms with Crippen molar-refractivity contribution in [3.8, 4) is 0 Å². The lowest BCUT2D eigenvalue weighted by Crippen LogP contribution is -2.43. The number of nitrogens with zero attached hydrogens (tertiary/aromatic N) is 1. The number of likely N-dealkylation sites (tertiary alicyclic amines) is 1. The van der Waals surface area contributed by atoms with E-state index in [-0.39, 0.29) is 5.91 Å². The third-order valence-electron chi connectivity index (χ3n) is 5.21. The second-order valence-corrected chi connectivity index (χ2v) is 6.36. The van der Waals surface area contributed by atoms with E-state index >= 15 is 0 Å². The van der Waals surface area contributed by atoms with Crippen molar-refractivity contribution in [2.45, 2.75) is 38.3 Å². The van der Waals surface area contributed by atoms with Crippen LogP contribution in [0.2, 0.25) is 0 Å². The predicted octanol–water partition coefficient (Wildman–Crippen LogP) is 1.74. The van der Waals surface area contributed by atoms with Crippen molar-refractivity contribution in [1.82, 2.24) is 4.90 Å². The lowest BCUT2D eigenvalue weighted by Gasteiger charge is -2.30. The van der Waals surface area contributed by atoms with Crippen molar-refractivity contribution in [3.63, 3.8) is 0 Å². The van der Waals surface area contributed by atoms with Crippen molar-refractivity contribution < 1.29 is 24.6 Å². The summed E-state index contributed by atoms with van der Waals surface area (Å²) in [5.41, 5.74) is -0.340. The average molecular weight is 317 g/mol. The number of carbonyl (C=O) groups excluding carboxylic acids is 1. The molecule has 0 spiro atoms. The second-order valence-electron chi connectivity index (χ2n) is 6.36. The molecule has 3 unspecified atom stereocenters. The summed E-state index contributed by atoms with van der Waals surface area (Å²) in [5.74, 6) is -3.50. The largest absolute Gasteiger partial charge is 0.481 e. The van der Waals surface area contributed by atoms with Gasteiger partial charge in [0.05, 0.1) is 12.3 Å². The van der Waals surface area contributed by atoms with Crippen LogP contribution >= 0.6 is 0 Å². The van der Waals surface area contributed by atoms with Gasteiger partial charge in [-0.15, -0.1) is 0 Å². The Balaban J connectivity index is 1.97. The number of benzene rings is 1. The summed E-state index contributed by atoms with van der Waals surface area (Å²) in [6.07, 6.45) is 1.25. The third-order valence-corrected chi connectivity index (χ3v) is 5.21. The van der Waals surface area contributed by atoms with Gasteiger partial charge in [-0.25, -0.2) is 0 Å². The number of carboxylic acids is 2. The highest BCUT2D eigenvalue weighted by Gasteiger charge is 2.65. The zero-order valence-corrected chi connectivity index (χ0v) is 12.6. The minimum atomic E-state index is -1.26. The Labute approximate surface area is 133 Å². The van der Waals surface area contributed by atoms with Crippen molar-refractivity contribution in [2.75, 3.05) is 0 Å². The molecule has 2 N–H and O–H groups in total. The fourth-order valence-corrected chi connectivity index (χ4v) is 4.24. The van der Waals surface area contributed by atoms with Crippen molar-refractivity contribution in [2.24, 2.45) is 11.3 Å². The average Bonchev–Trinajstić information content (AvgIpc) is 3.03. The summed E-state index contributed by atoms with van der Waals surface area (Å²) >= 11 is 0. The molecular weight excluding hydrogens is 298 g/mol. The molecule has 1 aliphatic heterocycles. The van der Waals surface area contributed by atoms with Gasteiger partial charge in [-0.2, -0.15) is 0 Å². The van der Waals surface area contributed by atoms with Crippen LogP contribution in [0.15, 0.2) is 30.3 Å². The van der Waals surface area contributed by atoms with Crippen molar-refractivity contribution in [1.29, 1.82) is 0 Å². The summed E-state index contributed by atoms with van der Waals surface area (Å²) < 4.78 is 0. The van der Waals surface area contributed by atoms with Gasteiger partial charge < -0.3 is 15.1 Å². The molecule has 2 aliphatic rings. The van der Waals surface area contributed by atoms with Crippen LogP contribution in [-0.2, 0) is 20.9 Å². The number of rotatable bonds is 5. The van der Waals surface area contributed by atoms with Gasteiger partial charge in [0.15, 0.2) is 0 Å². The van der Waals surface area contributed by atoms with Gasteiger partial charge in [0, 0.05) is 12.6 Å². The maximum absolute atomic E-state index is 12.8. The zero-order valence-electron chi connectivity index (χ0n) is 12.6. The molecule has 1 saturated carbocycles. The molecule has 0 aromatic heterocycles. The van der Waals surface area contributed by atoms with Crippen LogP contribution in [0, 0.1) is 11.3 Å². The van der Waals surface area contributed by atoms with E-state index in [9.17, 15) is 19.5 Å². The molecule has 6 nitrogen and oxygen atoms in total. The van der Waals surface area contributed by atoms with Crippen LogP contribution in [0.3, 0.4) is 0 Å². The number of amides is 1. The summed E-state index contributed by atoms with van der Waals surface area (Å²) in [4.78, 5) is 37.5. The summed E-state index contributed by atoms with van der Waals surface area (Å²) in [6.45, 7) is 0.329. The maximum Gasteiger partial charge on any atom is 0.312 e. The van der Waals surface area contributed by atoms with E-state index in [4.69, 9.17) is 5.11 Å². The van der Waals surface area contributed by atoms with E-state index < -0.39 is 35.7 Å². The van der Waals surface area contributed by atoms with Gasteiger partial charge in [0.1, 0.15) is 5.41 Å². The number of aliphatic carboxylic acids is 2. The first-order chi connectivity index (χ1) is 11.0. The molecule has 1 saturated heterocycles. The van der Waals surface area contributed by atoms with E-state index in [2.05, 4.69) is 0 Å². The first kappa shape index (κ1) is 15.5. The first-order valence-electron chi connectivity index (χ1n) is 7.76. The minimum absolute atomic E-state index is 0.329. The third kappa shape index (κ3) is 2.38. The number of hydrogen-bond acceptors (Lipinski definition) is 3. The number of carbonyl (C=O) groups is 3. The van der Waals surface area contributed by atoms with Crippen LogP contribution in [0.4, 0.5) is 0 Å². The predicted molar refractivity (Wildman–Crippen MR) is 80.4 cm³/mol. The molecule has 1 aromatic rings. The normalized spacial score (nSPS) is 29.6. The highest BCUT2D eigenvalue weighted by Crippen LogP contribution is 2.54. The molecule has 122 valence electrons. The van der Waals surface area contributed by atoms with E-state index in [1.165, 1.54) is 0 Å². The van der Waals surface area contributed by atoms with Gasteiger partial charge in [-0.1, -0.05) is 36.8 Å². The molecular formula is C17H19NO5. The van der Waals surface area contributed by atoms with E-state index in [0.717, 1.165) is 5.56 Å². The molecule has 3 atom stereocenters. The number of hydrogen-bond donors (Lipinski definition) is 2. The molecule has 0 radical (unpaired) electrons. The Kier molecular flexibility index (Phi) is 3.83. The molecule has 3 rings (SSSR count). The fraction of sp³-hybridized carbons (Fsp3) is 0.471. The Morgan fingerprint density at radius 2 is 1.91 bits per heavy atom. The SMILES string of the molecule is O=C(O)CC1C(=O)N(Cc2ccccc2)C2CCCC12C(=O)O. The van der Waals surface area contributed by atoms with Gasteiger partial charge in [0.25, 0.3) is 0 Å². The van der Waals surface area contributed by atoms with Crippen LogP contribution in [-0.4, -0.2) is 39.0 Å². The Morgan fingerprint density at radius 3 is 2.52 bits per heavy atom. The van der Waals surface area contributed by atoms with Crippen LogP contribution in [0.25, 0.3) is 0 Å². The lowest BCUT2D eigenvalue weighted by molar-refractivity contribution is -0.155. The molecule has 1 heterocycles. The number of carboxylic acid groups (broad SMARTS) is 2. The molecule has 2 fully saturated rings. The maximum atomic E-state index is 12.8. The van der Waals surface area contributed by atoms with E-state index in [1.54, 1.807) is 4.90 Å². The summed E-state index contributed by atoms with van der Waals surface area (Å²) in [6, 6.07) is 8.95. The quantitative estimate of drug-likeness (QED) is 0.862. The molecule has 0 bridgehead atoms. The Hall–Kier alpha value is -2.37. The Bertz CT molecular complexity index is 644. The van der Waals surface area contributed by atoms with Gasteiger partial charge >= 0.3 is 11.9 Å². The monoisotopic (exact) mass is 317 g/mol. The van der Waals surface area contributed by atoms with Crippen LogP contribution in [0.5, 0.6) is 0 Å². The molecule has 1 aliphatic carbocycles. The molecule has 1 amide bonds.